The van der Waals surface area contributed by atoms with Gasteiger partial charge >= 0.3 is 0 Å². The van der Waals surface area contributed by atoms with Gasteiger partial charge in [-0.2, -0.15) is 0 Å². The third-order valence-electron chi connectivity index (χ3n) is 4.53. The minimum Gasteiger partial charge on any atom is -0.491 e. The topological polar surface area (TPSA) is 67.7 Å². The molecule has 1 aliphatic rings. The van der Waals surface area contributed by atoms with Gasteiger partial charge in [0, 0.05) is 52.1 Å². The first kappa shape index (κ1) is 18.0. The Kier molecular flexibility index (Phi) is 5.25. The molecule has 2 aromatic rings. The summed E-state index contributed by atoms with van der Waals surface area (Å²) in [6.45, 7) is 1.42. The summed E-state index contributed by atoms with van der Waals surface area (Å²) in [6.07, 6.45) is 4.50. The fourth-order valence-corrected chi connectivity index (χ4v) is 2.96. The molecular formula is C19H24N4O3. The second-order valence-electron chi connectivity index (χ2n) is 6.67. The van der Waals surface area contributed by atoms with Crippen LogP contribution in [0.1, 0.15) is 28.2 Å². The zero-order valence-corrected chi connectivity index (χ0v) is 15.4. The SMILES string of the molecule is CN(C)C(=O)CCc1ccc2c(c1)CN(C(=O)c1nccn1C)CCO2. The van der Waals surface area contributed by atoms with Gasteiger partial charge in [0.05, 0.1) is 6.54 Å². The highest BCUT2D eigenvalue weighted by molar-refractivity contribution is 5.90. The number of imidazole rings is 1. The molecule has 7 nitrogen and oxygen atoms in total. The smallest absolute Gasteiger partial charge is 0.290 e. The summed E-state index contributed by atoms with van der Waals surface area (Å²) in [6, 6.07) is 5.94. The molecule has 2 heterocycles. The van der Waals surface area contributed by atoms with Crippen molar-refractivity contribution in [2.75, 3.05) is 27.2 Å². The lowest BCUT2D eigenvalue weighted by atomic mass is 10.0. The van der Waals surface area contributed by atoms with Gasteiger partial charge in [-0.1, -0.05) is 12.1 Å². The first-order valence-electron chi connectivity index (χ1n) is 8.67. The summed E-state index contributed by atoms with van der Waals surface area (Å²) in [5.41, 5.74) is 2.02. The van der Waals surface area contributed by atoms with Gasteiger partial charge in [0.15, 0.2) is 5.82 Å². The van der Waals surface area contributed by atoms with Crippen molar-refractivity contribution in [1.82, 2.24) is 19.4 Å². The van der Waals surface area contributed by atoms with Crippen molar-refractivity contribution < 1.29 is 14.3 Å². The van der Waals surface area contributed by atoms with Crippen molar-refractivity contribution in [2.45, 2.75) is 19.4 Å². The Labute approximate surface area is 153 Å². The highest BCUT2D eigenvalue weighted by atomic mass is 16.5. The van der Waals surface area contributed by atoms with E-state index in [1.807, 2.05) is 25.2 Å². The Morgan fingerprint density at radius 1 is 1.31 bits per heavy atom. The van der Waals surface area contributed by atoms with Crippen molar-refractivity contribution >= 4 is 11.8 Å². The van der Waals surface area contributed by atoms with E-state index in [2.05, 4.69) is 4.98 Å². The van der Waals surface area contributed by atoms with Crippen LogP contribution in [0.5, 0.6) is 5.75 Å². The molecule has 0 spiro atoms. The van der Waals surface area contributed by atoms with E-state index < -0.39 is 0 Å². The van der Waals surface area contributed by atoms with E-state index >= 15 is 0 Å². The minimum atomic E-state index is -0.109. The number of nitrogens with zero attached hydrogens (tertiary/aromatic N) is 4. The molecule has 0 fully saturated rings. The molecule has 1 aliphatic heterocycles. The number of hydrogen-bond acceptors (Lipinski definition) is 4. The fourth-order valence-electron chi connectivity index (χ4n) is 2.96. The molecule has 1 aromatic carbocycles. The van der Waals surface area contributed by atoms with Gasteiger partial charge in [0.2, 0.25) is 5.91 Å². The van der Waals surface area contributed by atoms with Crippen LogP contribution in [0, 0.1) is 0 Å². The van der Waals surface area contributed by atoms with Crippen LogP contribution in [-0.2, 0) is 24.8 Å². The molecule has 0 radical (unpaired) electrons. The number of aromatic nitrogens is 2. The summed E-state index contributed by atoms with van der Waals surface area (Å²) >= 11 is 0. The van der Waals surface area contributed by atoms with Crippen molar-refractivity contribution in [2.24, 2.45) is 7.05 Å². The summed E-state index contributed by atoms with van der Waals surface area (Å²) in [4.78, 5) is 32.1. The molecule has 138 valence electrons. The molecule has 0 saturated heterocycles. The van der Waals surface area contributed by atoms with Gasteiger partial charge in [0.25, 0.3) is 5.91 Å². The standard InChI is InChI=1S/C19H24N4O3/c1-21(2)17(24)7-5-14-4-6-16-15(12-14)13-23(10-11-26-16)19(25)18-20-8-9-22(18)3/h4,6,8-9,12H,5,7,10-11,13H2,1-3H3. The normalized spacial score (nSPS) is 13.6. The van der Waals surface area contributed by atoms with Crippen LogP contribution in [0.3, 0.4) is 0 Å². The molecule has 0 unspecified atom stereocenters. The zero-order chi connectivity index (χ0) is 18.7. The number of aryl methyl sites for hydroxylation is 2. The Morgan fingerprint density at radius 3 is 2.81 bits per heavy atom. The third kappa shape index (κ3) is 3.87. The molecule has 26 heavy (non-hydrogen) atoms. The molecular weight excluding hydrogens is 332 g/mol. The van der Waals surface area contributed by atoms with Crippen LogP contribution < -0.4 is 4.74 Å². The minimum absolute atomic E-state index is 0.0998. The van der Waals surface area contributed by atoms with E-state index in [1.54, 1.807) is 40.9 Å². The highest BCUT2D eigenvalue weighted by Crippen LogP contribution is 2.25. The lowest BCUT2D eigenvalue weighted by Gasteiger charge is -2.19. The number of fused-ring (bicyclic) bond motifs is 1. The number of ether oxygens (including phenoxy) is 1. The highest BCUT2D eigenvalue weighted by Gasteiger charge is 2.23. The number of hydrogen-bond donors (Lipinski definition) is 0. The Hall–Kier alpha value is -2.83. The van der Waals surface area contributed by atoms with Gasteiger partial charge in [-0.25, -0.2) is 4.98 Å². The molecule has 3 rings (SSSR count). The molecule has 7 heteroatoms. The van der Waals surface area contributed by atoms with E-state index in [0.717, 1.165) is 16.9 Å². The van der Waals surface area contributed by atoms with Gasteiger partial charge in [0.1, 0.15) is 12.4 Å². The number of carbonyl (C=O) groups excluding carboxylic acids is 2. The lowest BCUT2D eigenvalue weighted by Crippen LogP contribution is -2.34. The number of amides is 2. The second kappa shape index (κ2) is 7.59. The molecule has 0 atom stereocenters. The molecule has 1 aromatic heterocycles. The largest absolute Gasteiger partial charge is 0.491 e. The summed E-state index contributed by atoms with van der Waals surface area (Å²) in [7, 11) is 5.32. The van der Waals surface area contributed by atoms with E-state index in [9.17, 15) is 9.59 Å². The van der Waals surface area contributed by atoms with Gasteiger partial charge in [-0.15, -0.1) is 0 Å². The Balaban J connectivity index is 1.76. The van der Waals surface area contributed by atoms with Crippen molar-refractivity contribution in [3.63, 3.8) is 0 Å². The van der Waals surface area contributed by atoms with Crippen LogP contribution in [-0.4, -0.2) is 58.4 Å². The predicted octanol–water partition coefficient (Wildman–Crippen LogP) is 1.48. The average Bonchev–Trinajstić information content (AvgIpc) is 2.93. The van der Waals surface area contributed by atoms with Crippen molar-refractivity contribution in [1.29, 1.82) is 0 Å². The first-order chi connectivity index (χ1) is 12.5. The van der Waals surface area contributed by atoms with E-state index in [4.69, 9.17) is 4.74 Å². The zero-order valence-electron chi connectivity index (χ0n) is 15.4. The van der Waals surface area contributed by atoms with E-state index in [0.29, 0.717) is 38.4 Å². The molecule has 0 N–H and O–H groups in total. The summed E-state index contributed by atoms with van der Waals surface area (Å²) < 4.78 is 7.52. The number of rotatable bonds is 4. The van der Waals surface area contributed by atoms with Crippen LogP contribution in [0.15, 0.2) is 30.6 Å². The maximum atomic E-state index is 12.8. The van der Waals surface area contributed by atoms with Gasteiger partial charge in [-0.05, 0) is 18.1 Å². The Bertz CT molecular complexity index is 813. The quantitative estimate of drug-likeness (QED) is 0.832. The number of benzene rings is 1. The fraction of sp³-hybridized carbons (Fsp3) is 0.421. The van der Waals surface area contributed by atoms with Crippen molar-refractivity contribution in [3.8, 4) is 5.75 Å². The molecule has 2 amide bonds. The maximum absolute atomic E-state index is 12.8. The summed E-state index contributed by atoms with van der Waals surface area (Å²) in [5.74, 6) is 1.20. The summed E-state index contributed by atoms with van der Waals surface area (Å²) in [5, 5.41) is 0. The molecule has 0 saturated carbocycles. The van der Waals surface area contributed by atoms with E-state index in [1.165, 1.54) is 0 Å². The second-order valence-corrected chi connectivity index (χ2v) is 6.67. The maximum Gasteiger partial charge on any atom is 0.290 e. The van der Waals surface area contributed by atoms with Crippen LogP contribution in [0.4, 0.5) is 0 Å². The predicted molar refractivity (Wildman–Crippen MR) is 96.9 cm³/mol. The van der Waals surface area contributed by atoms with Crippen LogP contribution in [0.25, 0.3) is 0 Å². The average molecular weight is 356 g/mol. The van der Waals surface area contributed by atoms with E-state index in [-0.39, 0.29) is 11.8 Å². The first-order valence-corrected chi connectivity index (χ1v) is 8.67. The van der Waals surface area contributed by atoms with Gasteiger partial charge < -0.3 is 19.1 Å². The molecule has 0 aliphatic carbocycles. The van der Waals surface area contributed by atoms with Crippen LogP contribution >= 0.6 is 0 Å². The molecule has 0 bridgehead atoms. The Morgan fingerprint density at radius 2 is 2.12 bits per heavy atom. The van der Waals surface area contributed by atoms with Crippen LogP contribution in [0.2, 0.25) is 0 Å². The monoisotopic (exact) mass is 356 g/mol. The lowest BCUT2D eigenvalue weighted by molar-refractivity contribution is -0.128. The third-order valence-corrected chi connectivity index (χ3v) is 4.53. The number of carbonyl (C=O) groups is 2. The van der Waals surface area contributed by atoms with Crippen molar-refractivity contribution in [3.05, 3.63) is 47.5 Å². The van der Waals surface area contributed by atoms with Gasteiger partial charge in [-0.3, -0.25) is 9.59 Å².